The number of pyridine rings is 1. The Hall–Kier alpha value is -3.59. The van der Waals surface area contributed by atoms with Crippen molar-refractivity contribution in [3.05, 3.63) is 65.1 Å². The number of rotatable bonds is 4. The number of fused-ring (bicyclic) bond motifs is 1. The molecule has 0 bridgehead atoms. The van der Waals surface area contributed by atoms with E-state index in [1.807, 2.05) is 0 Å². The predicted octanol–water partition coefficient (Wildman–Crippen LogP) is 3.42. The lowest BCUT2D eigenvalue weighted by molar-refractivity contribution is 0.0827. The summed E-state index contributed by atoms with van der Waals surface area (Å²) < 4.78 is 14.9. The minimum absolute atomic E-state index is 0.00707. The second kappa shape index (κ2) is 7.44. The van der Waals surface area contributed by atoms with Gasteiger partial charge in [0.1, 0.15) is 11.5 Å². The molecule has 0 saturated heterocycles. The maximum Gasteiger partial charge on any atom is 0.253 e. The van der Waals surface area contributed by atoms with Crippen molar-refractivity contribution in [1.29, 1.82) is 0 Å². The van der Waals surface area contributed by atoms with E-state index in [1.54, 1.807) is 44.4 Å². The Morgan fingerprint density at radius 3 is 2.72 bits per heavy atom. The first-order chi connectivity index (χ1) is 13.9. The molecule has 4 aromatic rings. The number of amides is 1. The fraction of sp³-hybridized carbons (Fsp3) is 0.105. The number of carbonyl (C=O) groups is 1. The van der Waals surface area contributed by atoms with Gasteiger partial charge in [-0.25, -0.2) is 4.39 Å². The molecule has 1 aromatic carbocycles. The average molecular weight is 412 g/mol. The Morgan fingerprint density at radius 2 is 1.97 bits per heavy atom. The van der Waals surface area contributed by atoms with Gasteiger partial charge in [0.15, 0.2) is 11.5 Å². The zero-order valence-electron chi connectivity index (χ0n) is 15.5. The van der Waals surface area contributed by atoms with Gasteiger partial charge < -0.3 is 10.2 Å². The first-order valence-electron chi connectivity index (χ1n) is 8.55. The molecule has 8 nitrogen and oxygen atoms in total. The van der Waals surface area contributed by atoms with Crippen molar-refractivity contribution in [2.24, 2.45) is 0 Å². The van der Waals surface area contributed by atoms with Crippen molar-refractivity contribution in [3.8, 4) is 11.5 Å². The van der Waals surface area contributed by atoms with Crippen LogP contribution in [0.25, 0.3) is 17.2 Å². The molecule has 10 heteroatoms. The summed E-state index contributed by atoms with van der Waals surface area (Å²) in [5, 5.41) is 15.8. The Bertz CT molecular complexity index is 1220. The monoisotopic (exact) mass is 411 g/mol. The van der Waals surface area contributed by atoms with Crippen LogP contribution in [0.1, 0.15) is 10.4 Å². The van der Waals surface area contributed by atoms with E-state index < -0.39 is 5.82 Å². The van der Waals surface area contributed by atoms with E-state index in [2.05, 4.69) is 25.6 Å². The van der Waals surface area contributed by atoms with Crippen LogP contribution in [0.4, 0.5) is 15.9 Å². The molecule has 1 N–H and O–H groups in total. The van der Waals surface area contributed by atoms with Crippen LogP contribution in [-0.4, -0.2) is 49.7 Å². The number of carbonyl (C=O) groups excluding carboxylic acids is 1. The van der Waals surface area contributed by atoms with Gasteiger partial charge in [0.25, 0.3) is 5.91 Å². The Labute approximate surface area is 170 Å². The molecule has 0 aliphatic heterocycles. The summed E-state index contributed by atoms with van der Waals surface area (Å²) in [7, 11) is 3.35. The Balaban J connectivity index is 1.71. The molecular weight excluding hydrogens is 397 g/mol. The molecule has 0 fully saturated rings. The molecule has 0 unspecified atom stereocenters. The average Bonchev–Trinajstić information content (AvgIpc) is 3.13. The topological polar surface area (TPSA) is 88.3 Å². The van der Waals surface area contributed by atoms with E-state index in [9.17, 15) is 9.18 Å². The summed E-state index contributed by atoms with van der Waals surface area (Å²) in [5.41, 5.74) is 2.02. The van der Waals surface area contributed by atoms with Crippen LogP contribution in [-0.2, 0) is 0 Å². The van der Waals surface area contributed by atoms with E-state index in [1.165, 1.54) is 27.7 Å². The van der Waals surface area contributed by atoms with Gasteiger partial charge in [-0.15, -0.1) is 15.3 Å². The lowest BCUT2D eigenvalue weighted by Gasteiger charge is -2.10. The van der Waals surface area contributed by atoms with Gasteiger partial charge >= 0.3 is 0 Å². The highest BCUT2D eigenvalue weighted by Crippen LogP contribution is 2.23. The van der Waals surface area contributed by atoms with Crippen molar-refractivity contribution in [2.45, 2.75) is 0 Å². The van der Waals surface area contributed by atoms with Gasteiger partial charge in [-0.3, -0.25) is 9.78 Å². The van der Waals surface area contributed by atoms with Crippen molar-refractivity contribution in [2.75, 3.05) is 19.4 Å². The second-order valence-electron chi connectivity index (χ2n) is 6.40. The largest absolute Gasteiger partial charge is 0.345 e. The van der Waals surface area contributed by atoms with Gasteiger partial charge in [-0.2, -0.15) is 4.52 Å². The normalized spacial score (nSPS) is 10.9. The van der Waals surface area contributed by atoms with Gasteiger partial charge in [-0.05, 0) is 42.5 Å². The maximum atomic E-state index is 13.4. The molecule has 1 amide bonds. The molecule has 0 aliphatic carbocycles. The molecule has 146 valence electrons. The summed E-state index contributed by atoms with van der Waals surface area (Å²) in [4.78, 5) is 18.0. The number of nitrogens with one attached hydrogen (secondary N) is 1. The zero-order chi connectivity index (χ0) is 20.5. The molecular formula is C19H15ClFN7O. The van der Waals surface area contributed by atoms with Crippen LogP contribution in [0.2, 0.25) is 5.02 Å². The SMILES string of the molecule is CN(C)C(=O)c1ccnc(-c2nnc3ccc(Nc4ccc(F)c(Cl)c4)nn23)c1. The van der Waals surface area contributed by atoms with Crippen molar-refractivity contribution in [3.63, 3.8) is 0 Å². The number of hydrogen-bond acceptors (Lipinski definition) is 6. The molecule has 3 heterocycles. The first-order valence-corrected chi connectivity index (χ1v) is 8.93. The van der Waals surface area contributed by atoms with E-state index in [4.69, 9.17) is 11.6 Å². The maximum absolute atomic E-state index is 13.4. The number of anilines is 2. The quantitative estimate of drug-likeness (QED) is 0.553. The number of halogens is 2. The molecule has 3 aromatic heterocycles. The summed E-state index contributed by atoms with van der Waals surface area (Å²) in [6.07, 6.45) is 1.54. The van der Waals surface area contributed by atoms with Crippen LogP contribution < -0.4 is 5.32 Å². The van der Waals surface area contributed by atoms with Crippen LogP contribution >= 0.6 is 11.6 Å². The van der Waals surface area contributed by atoms with E-state index in [0.29, 0.717) is 34.2 Å². The number of hydrogen-bond donors (Lipinski definition) is 1. The van der Waals surface area contributed by atoms with Gasteiger partial charge in [0.2, 0.25) is 5.82 Å². The molecule has 0 radical (unpaired) electrons. The second-order valence-corrected chi connectivity index (χ2v) is 6.80. The molecule has 29 heavy (non-hydrogen) atoms. The third-order valence-electron chi connectivity index (χ3n) is 4.10. The lowest BCUT2D eigenvalue weighted by Crippen LogP contribution is -2.21. The van der Waals surface area contributed by atoms with E-state index >= 15 is 0 Å². The molecule has 0 saturated carbocycles. The van der Waals surface area contributed by atoms with Gasteiger partial charge in [0, 0.05) is 31.5 Å². The van der Waals surface area contributed by atoms with Crippen LogP contribution in [0.5, 0.6) is 0 Å². The molecule has 0 aliphatic rings. The minimum Gasteiger partial charge on any atom is -0.345 e. The third kappa shape index (κ3) is 3.72. The summed E-state index contributed by atoms with van der Waals surface area (Å²) in [6.45, 7) is 0. The lowest BCUT2D eigenvalue weighted by atomic mass is 10.2. The van der Waals surface area contributed by atoms with Gasteiger partial charge in [0.05, 0.1) is 5.02 Å². The van der Waals surface area contributed by atoms with Crippen molar-refractivity contribution >= 4 is 34.7 Å². The zero-order valence-corrected chi connectivity index (χ0v) is 16.2. The number of nitrogens with zero attached hydrogens (tertiary/aromatic N) is 6. The standard InChI is InChI=1S/C19H15ClFN7O/c1-27(2)19(29)11-7-8-22-15(9-11)18-25-24-17-6-5-16(26-28(17)18)23-12-3-4-14(21)13(20)10-12/h3-10H,1-2H3,(H,23,26). The van der Waals surface area contributed by atoms with Crippen molar-refractivity contribution in [1.82, 2.24) is 29.7 Å². The Morgan fingerprint density at radius 1 is 1.14 bits per heavy atom. The summed E-state index contributed by atoms with van der Waals surface area (Å²) in [5.74, 6) is 0.210. The highest BCUT2D eigenvalue weighted by molar-refractivity contribution is 6.31. The molecule has 0 spiro atoms. The highest BCUT2D eigenvalue weighted by Gasteiger charge is 2.15. The Kier molecular flexibility index (Phi) is 4.81. The molecule has 4 rings (SSSR count). The molecule has 0 atom stereocenters. The predicted molar refractivity (Wildman–Crippen MR) is 107 cm³/mol. The van der Waals surface area contributed by atoms with Crippen LogP contribution in [0.3, 0.4) is 0 Å². The minimum atomic E-state index is -0.500. The highest BCUT2D eigenvalue weighted by atomic mass is 35.5. The number of benzene rings is 1. The first kappa shape index (κ1) is 18.8. The third-order valence-corrected chi connectivity index (χ3v) is 4.39. The summed E-state index contributed by atoms with van der Waals surface area (Å²) >= 11 is 5.83. The van der Waals surface area contributed by atoms with Gasteiger partial charge in [-0.1, -0.05) is 11.6 Å². The number of aromatic nitrogens is 5. The summed E-state index contributed by atoms with van der Waals surface area (Å²) in [6, 6.07) is 11.0. The van der Waals surface area contributed by atoms with E-state index in [-0.39, 0.29) is 10.9 Å². The van der Waals surface area contributed by atoms with Crippen LogP contribution in [0, 0.1) is 5.82 Å². The van der Waals surface area contributed by atoms with Crippen LogP contribution in [0.15, 0.2) is 48.7 Å². The fourth-order valence-electron chi connectivity index (χ4n) is 2.68. The van der Waals surface area contributed by atoms with E-state index in [0.717, 1.165) is 0 Å². The van der Waals surface area contributed by atoms with Crippen molar-refractivity contribution < 1.29 is 9.18 Å². The smallest absolute Gasteiger partial charge is 0.253 e. The fourth-order valence-corrected chi connectivity index (χ4v) is 2.86.